The molecule has 0 radical (unpaired) electrons. The van der Waals surface area contributed by atoms with E-state index in [-0.39, 0.29) is 18.1 Å². The van der Waals surface area contributed by atoms with Gasteiger partial charge >= 0.3 is 0 Å². The number of unbranched alkanes of at least 4 members (excludes halogenated alkanes) is 1. The number of benzene rings is 1. The first-order chi connectivity index (χ1) is 10.7. The molecule has 0 unspecified atom stereocenters. The van der Waals surface area contributed by atoms with Gasteiger partial charge in [0.2, 0.25) is 5.91 Å². The van der Waals surface area contributed by atoms with Crippen molar-refractivity contribution in [3.63, 3.8) is 0 Å². The molecule has 0 saturated heterocycles. The van der Waals surface area contributed by atoms with Crippen LogP contribution in [-0.2, 0) is 11.2 Å². The first-order valence-corrected chi connectivity index (χ1v) is 7.42. The lowest BCUT2D eigenvalue weighted by Gasteiger charge is -2.08. The lowest BCUT2D eigenvalue weighted by atomic mass is 10.1. The molecule has 2 aromatic rings. The predicted molar refractivity (Wildman–Crippen MR) is 86.4 cm³/mol. The molecule has 0 atom stereocenters. The van der Waals surface area contributed by atoms with Gasteiger partial charge in [-0.15, -0.1) is 0 Å². The van der Waals surface area contributed by atoms with Crippen LogP contribution in [0.2, 0.25) is 0 Å². The quantitative estimate of drug-likeness (QED) is 0.768. The topological polar surface area (TPSA) is 54.0 Å². The molecule has 4 nitrogen and oxygen atoms in total. The van der Waals surface area contributed by atoms with E-state index in [0.717, 1.165) is 25.2 Å². The summed E-state index contributed by atoms with van der Waals surface area (Å²) in [6, 6.07) is 9.86. The van der Waals surface area contributed by atoms with Crippen LogP contribution in [-0.4, -0.2) is 17.4 Å². The number of amides is 1. The van der Waals surface area contributed by atoms with Crippen molar-refractivity contribution in [2.45, 2.75) is 26.2 Å². The van der Waals surface area contributed by atoms with Crippen molar-refractivity contribution in [3.8, 4) is 0 Å². The monoisotopic (exact) mass is 301 g/mol. The van der Waals surface area contributed by atoms with Gasteiger partial charge in [0, 0.05) is 6.54 Å². The van der Waals surface area contributed by atoms with Crippen molar-refractivity contribution in [3.05, 3.63) is 54.0 Å². The van der Waals surface area contributed by atoms with Gasteiger partial charge in [0.05, 0.1) is 18.3 Å². The summed E-state index contributed by atoms with van der Waals surface area (Å²) in [6.45, 7) is 3.01. The van der Waals surface area contributed by atoms with Crippen molar-refractivity contribution in [1.29, 1.82) is 0 Å². The van der Waals surface area contributed by atoms with Crippen LogP contribution in [0.15, 0.2) is 42.6 Å². The third-order valence-electron chi connectivity index (χ3n) is 3.19. The molecule has 116 valence electrons. The highest BCUT2D eigenvalue weighted by Gasteiger charge is 2.08. The van der Waals surface area contributed by atoms with Crippen LogP contribution in [0.5, 0.6) is 0 Å². The summed E-state index contributed by atoms with van der Waals surface area (Å²) in [5, 5.41) is 5.92. The normalized spacial score (nSPS) is 10.3. The van der Waals surface area contributed by atoms with E-state index in [4.69, 9.17) is 0 Å². The molecule has 1 amide bonds. The molecule has 1 aromatic heterocycles. The third-order valence-corrected chi connectivity index (χ3v) is 3.19. The second-order valence-electron chi connectivity index (χ2n) is 5.03. The fourth-order valence-corrected chi connectivity index (χ4v) is 1.99. The van der Waals surface area contributed by atoms with Crippen molar-refractivity contribution in [1.82, 2.24) is 4.98 Å². The average Bonchev–Trinajstić information content (AvgIpc) is 2.51. The highest BCUT2D eigenvalue weighted by molar-refractivity contribution is 5.92. The Kier molecular flexibility index (Phi) is 5.89. The molecule has 0 spiro atoms. The molecule has 0 saturated carbocycles. The van der Waals surface area contributed by atoms with Gasteiger partial charge in [-0.2, -0.15) is 0 Å². The highest BCUT2D eigenvalue weighted by Crippen LogP contribution is 2.12. The lowest BCUT2D eigenvalue weighted by Crippen LogP contribution is -2.15. The number of aromatic nitrogens is 1. The molecular formula is C17H20FN3O. The van der Waals surface area contributed by atoms with E-state index in [1.54, 1.807) is 30.5 Å². The van der Waals surface area contributed by atoms with Crippen LogP contribution < -0.4 is 10.6 Å². The van der Waals surface area contributed by atoms with Gasteiger partial charge in [0.15, 0.2) is 0 Å². The van der Waals surface area contributed by atoms with Crippen LogP contribution in [0.4, 0.5) is 15.9 Å². The minimum atomic E-state index is -0.369. The number of pyridine rings is 1. The SMILES string of the molecule is CCCCNc1ccc(NC(=O)Cc2ccccc2F)cn1. The van der Waals surface area contributed by atoms with Gasteiger partial charge in [-0.1, -0.05) is 31.5 Å². The molecule has 0 fully saturated rings. The van der Waals surface area contributed by atoms with Gasteiger partial charge < -0.3 is 10.6 Å². The lowest BCUT2D eigenvalue weighted by molar-refractivity contribution is -0.115. The summed E-state index contributed by atoms with van der Waals surface area (Å²) < 4.78 is 13.5. The van der Waals surface area contributed by atoms with Crippen molar-refractivity contribution in [2.75, 3.05) is 17.2 Å². The molecule has 5 heteroatoms. The van der Waals surface area contributed by atoms with Crippen molar-refractivity contribution in [2.24, 2.45) is 0 Å². The predicted octanol–water partition coefficient (Wildman–Crippen LogP) is 3.61. The Morgan fingerprint density at radius 1 is 1.23 bits per heavy atom. The minimum Gasteiger partial charge on any atom is -0.370 e. The molecule has 0 aliphatic heterocycles. The van der Waals surface area contributed by atoms with E-state index in [1.807, 2.05) is 6.07 Å². The fraction of sp³-hybridized carbons (Fsp3) is 0.294. The number of nitrogens with one attached hydrogen (secondary N) is 2. The molecule has 22 heavy (non-hydrogen) atoms. The Hall–Kier alpha value is -2.43. The Bertz CT molecular complexity index is 614. The smallest absolute Gasteiger partial charge is 0.228 e. The van der Waals surface area contributed by atoms with Crippen molar-refractivity contribution >= 4 is 17.4 Å². The van der Waals surface area contributed by atoms with Crippen LogP contribution >= 0.6 is 0 Å². The Labute approximate surface area is 129 Å². The number of rotatable bonds is 7. The Balaban J connectivity index is 1.88. The second kappa shape index (κ2) is 8.12. The molecule has 2 N–H and O–H groups in total. The van der Waals surface area contributed by atoms with Crippen LogP contribution in [0.3, 0.4) is 0 Å². The third kappa shape index (κ3) is 4.84. The maximum atomic E-state index is 13.5. The Morgan fingerprint density at radius 3 is 2.73 bits per heavy atom. The van der Waals surface area contributed by atoms with Crippen LogP contribution in [0, 0.1) is 5.82 Å². The van der Waals surface area contributed by atoms with Gasteiger partial charge in [0.1, 0.15) is 11.6 Å². The second-order valence-corrected chi connectivity index (χ2v) is 5.03. The van der Waals surface area contributed by atoms with Crippen molar-refractivity contribution < 1.29 is 9.18 Å². The summed E-state index contributed by atoms with van der Waals surface area (Å²) in [6.07, 6.45) is 3.80. The molecular weight excluding hydrogens is 281 g/mol. The van der Waals surface area contributed by atoms with E-state index in [9.17, 15) is 9.18 Å². The van der Waals surface area contributed by atoms with Gasteiger partial charge in [-0.25, -0.2) is 9.37 Å². The largest absolute Gasteiger partial charge is 0.370 e. The minimum absolute atomic E-state index is 0.00315. The summed E-state index contributed by atoms with van der Waals surface area (Å²) in [5.74, 6) is 0.144. The molecule has 1 aromatic carbocycles. The van der Waals surface area contributed by atoms with E-state index in [0.29, 0.717) is 11.3 Å². The zero-order valence-electron chi connectivity index (χ0n) is 12.6. The first-order valence-electron chi connectivity index (χ1n) is 7.42. The number of carbonyl (C=O) groups excluding carboxylic acids is 1. The molecule has 0 bridgehead atoms. The zero-order chi connectivity index (χ0) is 15.8. The fourth-order valence-electron chi connectivity index (χ4n) is 1.99. The molecule has 1 heterocycles. The van der Waals surface area contributed by atoms with E-state index >= 15 is 0 Å². The highest BCUT2D eigenvalue weighted by atomic mass is 19.1. The van der Waals surface area contributed by atoms with E-state index in [1.165, 1.54) is 6.07 Å². The first kappa shape index (κ1) is 15.9. The zero-order valence-corrected chi connectivity index (χ0v) is 12.6. The standard InChI is InChI=1S/C17H20FN3O/c1-2-3-10-19-16-9-8-14(12-20-16)21-17(22)11-13-6-4-5-7-15(13)18/h4-9,12H,2-3,10-11H2,1H3,(H,19,20)(H,21,22). The number of nitrogens with zero attached hydrogens (tertiary/aromatic N) is 1. The Morgan fingerprint density at radius 2 is 2.05 bits per heavy atom. The number of anilines is 2. The van der Waals surface area contributed by atoms with E-state index < -0.39 is 0 Å². The van der Waals surface area contributed by atoms with Gasteiger partial charge in [-0.05, 0) is 30.2 Å². The van der Waals surface area contributed by atoms with Crippen LogP contribution in [0.1, 0.15) is 25.3 Å². The number of hydrogen-bond acceptors (Lipinski definition) is 3. The van der Waals surface area contributed by atoms with Crippen LogP contribution in [0.25, 0.3) is 0 Å². The molecule has 0 aliphatic carbocycles. The molecule has 0 aliphatic rings. The van der Waals surface area contributed by atoms with Gasteiger partial charge in [-0.3, -0.25) is 4.79 Å². The maximum Gasteiger partial charge on any atom is 0.228 e. The summed E-state index contributed by atoms with van der Waals surface area (Å²) in [5.41, 5.74) is 0.980. The number of carbonyl (C=O) groups is 1. The molecule has 2 rings (SSSR count). The summed E-state index contributed by atoms with van der Waals surface area (Å²) >= 11 is 0. The summed E-state index contributed by atoms with van der Waals surface area (Å²) in [4.78, 5) is 16.1. The number of halogens is 1. The van der Waals surface area contributed by atoms with E-state index in [2.05, 4.69) is 22.5 Å². The average molecular weight is 301 g/mol. The summed E-state index contributed by atoms with van der Waals surface area (Å²) in [7, 11) is 0. The van der Waals surface area contributed by atoms with Gasteiger partial charge in [0.25, 0.3) is 0 Å². The maximum absolute atomic E-state index is 13.5. The number of hydrogen-bond donors (Lipinski definition) is 2.